The number of hydrogen-bond donors (Lipinski definition) is 0. The summed E-state index contributed by atoms with van der Waals surface area (Å²) in [5.74, 6) is 0.778. The van der Waals surface area contributed by atoms with Crippen molar-refractivity contribution >= 4 is 19.7 Å². The molecule has 108 valence electrons. The SMILES string of the molecule is CCCc1nc(S(=O)(=O)Cl)cn1CCC1CCCO1. The van der Waals surface area contributed by atoms with Crippen LogP contribution >= 0.6 is 10.7 Å². The maximum Gasteiger partial charge on any atom is 0.280 e. The zero-order chi connectivity index (χ0) is 13.9. The van der Waals surface area contributed by atoms with Gasteiger partial charge in [0.1, 0.15) is 5.82 Å². The number of rotatable bonds is 6. The Hall–Kier alpha value is -0.590. The van der Waals surface area contributed by atoms with Crippen LogP contribution in [0.15, 0.2) is 11.2 Å². The Morgan fingerprint density at radius 2 is 2.37 bits per heavy atom. The monoisotopic (exact) mass is 306 g/mol. The first-order valence-electron chi connectivity index (χ1n) is 6.63. The van der Waals surface area contributed by atoms with E-state index in [1.807, 2.05) is 11.5 Å². The molecule has 2 rings (SSSR count). The third-order valence-corrected chi connectivity index (χ3v) is 4.45. The van der Waals surface area contributed by atoms with E-state index in [-0.39, 0.29) is 11.1 Å². The molecule has 0 N–H and O–H groups in total. The number of ether oxygens (including phenoxy) is 1. The highest BCUT2D eigenvalue weighted by molar-refractivity contribution is 8.13. The van der Waals surface area contributed by atoms with Crippen LogP contribution in [0.5, 0.6) is 0 Å². The van der Waals surface area contributed by atoms with Gasteiger partial charge in [0.15, 0.2) is 5.03 Å². The van der Waals surface area contributed by atoms with Crippen LogP contribution in [0, 0.1) is 0 Å². The molecular formula is C12H19ClN2O3S. The minimum absolute atomic E-state index is 0.0510. The Bertz CT molecular complexity index is 521. The van der Waals surface area contributed by atoms with Crippen molar-refractivity contribution in [1.29, 1.82) is 0 Å². The van der Waals surface area contributed by atoms with Crippen molar-refractivity contribution in [3.63, 3.8) is 0 Å². The smallest absolute Gasteiger partial charge is 0.280 e. The summed E-state index contributed by atoms with van der Waals surface area (Å²) in [7, 11) is 1.59. The Morgan fingerprint density at radius 3 is 2.95 bits per heavy atom. The lowest BCUT2D eigenvalue weighted by atomic mass is 10.2. The van der Waals surface area contributed by atoms with Gasteiger partial charge in [0.2, 0.25) is 0 Å². The third kappa shape index (κ3) is 3.94. The lowest BCUT2D eigenvalue weighted by molar-refractivity contribution is 0.100. The van der Waals surface area contributed by atoms with Crippen LogP contribution in [0.2, 0.25) is 0 Å². The maximum atomic E-state index is 11.3. The van der Waals surface area contributed by atoms with Gasteiger partial charge in [0, 0.05) is 36.5 Å². The second-order valence-electron chi connectivity index (χ2n) is 4.80. The van der Waals surface area contributed by atoms with E-state index in [1.54, 1.807) is 0 Å². The Kier molecular flexibility index (Phi) is 4.86. The second kappa shape index (κ2) is 6.24. The van der Waals surface area contributed by atoms with Crippen LogP contribution in [0.3, 0.4) is 0 Å². The minimum atomic E-state index is -3.75. The molecule has 19 heavy (non-hydrogen) atoms. The molecule has 0 saturated carbocycles. The van der Waals surface area contributed by atoms with Crippen LogP contribution in [-0.2, 0) is 26.8 Å². The molecule has 1 aromatic rings. The third-order valence-electron chi connectivity index (χ3n) is 3.28. The first-order chi connectivity index (χ1) is 9.00. The van der Waals surface area contributed by atoms with E-state index in [9.17, 15) is 8.42 Å². The predicted octanol–water partition coefficient (Wildman–Crippen LogP) is 2.33. The Labute approximate surface area is 118 Å². The van der Waals surface area contributed by atoms with E-state index >= 15 is 0 Å². The molecule has 0 aromatic carbocycles. The van der Waals surface area contributed by atoms with Crippen LogP contribution in [0.25, 0.3) is 0 Å². The maximum absolute atomic E-state index is 11.3. The van der Waals surface area contributed by atoms with E-state index in [0.717, 1.165) is 51.1 Å². The first-order valence-corrected chi connectivity index (χ1v) is 8.94. The quantitative estimate of drug-likeness (QED) is 0.757. The van der Waals surface area contributed by atoms with E-state index in [4.69, 9.17) is 15.4 Å². The van der Waals surface area contributed by atoms with Crippen molar-refractivity contribution in [3.8, 4) is 0 Å². The normalized spacial score (nSPS) is 20.0. The molecule has 2 heterocycles. The second-order valence-corrected chi connectivity index (χ2v) is 7.31. The summed E-state index contributed by atoms with van der Waals surface area (Å²) in [5, 5.41) is -0.0510. The fourth-order valence-corrected chi connectivity index (χ4v) is 3.01. The predicted molar refractivity (Wildman–Crippen MR) is 72.9 cm³/mol. The zero-order valence-corrected chi connectivity index (χ0v) is 12.6. The highest BCUT2D eigenvalue weighted by Crippen LogP contribution is 2.19. The number of imidazole rings is 1. The van der Waals surface area contributed by atoms with E-state index in [2.05, 4.69) is 4.98 Å². The molecule has 1 aromatic heterocycles. The van der Waals surface area contributed by atoms with Gasteiger partial charge in [0.25, 0.3) is 9.05 Å². The molecular weight excluding hydrogens is 288 g/mol. The topological polar surface area (TPSA) is 61.2 Å². The summed E-state index contributed by atoms with van der Waals surface area (Å²) >= 11 is 0. The number of aryl methyl sites for hydroxylation is 2. The van der Waals surface area contributed by atoms with Crippen LogP contribution in [-0.4, -0.2) is 30.7 Å². The van der Waals surface area contributed by atoms with Gasteiger partial charge in [-0.3, -0.25) is 0 Å². The average Bonchev–Trinajstić information content (AvgIpc) is 2.94. The fraction of sp³-hybridized carbons (Fsp3) is 0.750. The number of hydrogen-bond acceptors (Lipinski definition) is 4. The van der Waals surface area contributed by atoms with Gasteiger partial charge in [-0.2, -0.15) is 0 Å². The first kappa shape index (κ1) is 14.8. The lowest BCUT2D eigenvalue weighted by Gasteiger charge is -2.11. The average molecular weight is 307 g/mol. The van der Waals surface area contributed by atoms with Crippen molar-refractivity contribution in [2.24, 2.45) is 0 Å². The molecule has 1 aliphatic heterocycles. The largest absolute Gasteiger partial charge is 0.378 e. The van der Waals surface area contributed by atoms with Crippen molar-refractivity contribution in [1.82, 2.24) is 9.55 Å². The van der Waals surface area contributed by atoms with Crippen LogP contribution in [0.1, 0.15) is 38.4 Å². The van der Waals surface area contributed by atoms with Crippen molar-refractivity contribution < 1.29 is 13.2 Å². The van der Waals surface area contributed by atoms with Gasteiger partial charge >= 0.3 is 0 Å². The number of aromatic nitrogens is 2. The molecule has 0 radical (unpaired) electrons. The molecule has 0 bridgehead atoms. The van der Waals surface area contributed by atoms with Gasteiger partial charge < -0.3 is 9.30 Å². The molecule has 0 aliphatic carbocycles. The van der Waals surface area contributed by atoms with Gasteiger partial charge in [-0.25, -0.2) is 13.4 Å². The van der Waals surface area contributed by atoms with Crippen molar-refractivity contribution in [2.45, 2.75) is 56.7 Å². The van der Waals surface area contributed by atoms with Gasteiger partial charge in [-0.05, 0) is 25.7 Å². The number of nitrogens with zero attached hydrogens (tertiary/aromatic N) is 2. The molecule has 1 unspecified atom stereocenters. The van der Waals surface area contributed by atoms with Gasteiger partial charge in [-0.15, -0.1) is 0 Å². The van der Waals surface area contributed by atoms with Crippen molar-refractivity contribution in [3.05, 3.63) is 12.0 Å². The summed E-state index contributed by atoms with van der Waals surface area (Å²) in [6.45, 7) is 3.59. The molecule has 1 fully saturated rings. The molecule has 1 aliphatic rings. The fourth-order valence-electron chi connectivity index (χ4n) is 2.32. The van der Waals surface area contributed by atoms with E-state index < -0.39 is 9.05 Å². The van der Waals surface area contributed by atoms with Gasteiger partial charge in [0.05, 0.1) is 6.10 Å². The highest BCUT2D eigenvalue weighted by atomic mass is 35.7. The zero-order valence-electron chi connectivity index (χ0n) is 11.0. The highest BCUT2D eigenvalue weighted by Gasteiger charge is 2.19. The van der Waals surface area contributed by atoms with Gasteiger partial charge in [-0.1, -0.05) is 6.92 Å². The molecule has 7 heteroatoms. The summed E-state index contributed by atoms with van der Waals surface area (Å²) in [5.41, 5.74) is 0. The van der Waals surface area contributed by atoms with E-state index in [1.165, 1.54) is 6.20 Å². The molecule has 1 saturated heterocycles. The molecule has 1 atom stereocenters. The summed E-state index contributed by atoms with van der Waals surface area (Å²) in [6, 6.07) is 0. The number of halogens is 1. The minimum Gasteiger partial charge on any atom is -0.378 e. The lowest BCUT2D eigenvalue weighted by Crippen LogP contribution is -2.11. The van der Waals surface area contributed by atoms with Crippen molar-refractivity contribution in [2.75, 3.05) is 6.61 Å². The molecule has 0 amide bonds. The molecule has 5 nitrogen and oxygen atoms in total. The van der Waals surface area contributed by atoms with Crippen LogP contribution in [0.4, 0.5) is 0 Å². The summed E-state index contributed by atoms with van der Waals surface area (Å²) in [4.78, 5) is 4.12. The molecule has 0 spiro atoms. The Balaban J connectivity index is 2.10. The van der Waals surface area contributed by atoms with Crippen LogP contribution < -0.4 is 0 Å². The Morgan fingerprint density at radius 1 is 1.58 bits per heavy atom. The standard InChI is InChI=1S/C12H19ClN2O3S/c1-2-4-11-14-12(19(13,16)17)9-15(11)7-6-10-5-3-8-18-10/h9-10H,2-8H2,1H3. The summed E-state index contributed by atoms with van der Waals surface area (Å²) < 4.78 is 30.1. The summed E-state index contributed by atoms with van der Waals surface area (Å²) in [6.07, 6.45) is 6.55. The van der Waals surface area contributed by atoms with E-state index in [0.29, 0.717) is 0 Å².